The van der Waals surface area contributed by atoms with E-state index in [9.17, 15) is 9.59 Å². The number of benzene rings is 2. The average Bonchev–Trinajstić information content (AvgIpc) is 3.22. The number of aromatic nitrogens is 4. The maximum Gasteiger partial charge on any atom is 0.410 e. The Bertz CT molecular complexity index is 1490. The molecule has 0 aliphatic carbocycles. The number of anilines is 1. The monoisotopic (exact) mass is 488 g/mol. The highest BCUT2D eigenvalue weighted by Crippen LogP contribution is 2.25. The zero-order valence-electron chi connectivity index (χ0n) is 21.4. The summed E-state index contributed by atoms with van der Waals surface area (Å²) in [6.45, 7) is 6.96. The van der Waals surface area contributed by atoms with Crippen molar-refractivity contribution in [3.8, 4) is 5.69 Å². The number of nitrogens with zero attached hydrogens (tertiary/aromatic N) is 6. The summed E-state index contributed by atoms with van der Waals surface area (Å²) in [4.78, 5) is 34.3. The molecule has 1 aliphatic rings. The Morgan fingerprint density at radius 1 is 1.08 bits per heavy atom. The van der Waals surface area contributed by atoms with E-state index < -0.39 is 5.60 Å². The lowest BCUT2D eigenvalue weighted by molar-refractivity contribution is 0.0205. The van der Waals surface area contributed by atoms with Crippen molar-refractivity contribution in [3.63, 3.8) is 0 Å². The first kappa shape index (κ1) is 23.8. The van der Waals surface area contributed by atoms with Gasteiger partial charge in [-0.25, -0.2) is 9.78 Å². The topological polar surface area (TPSA) is 85.5 Å². The van der Waals surface area contributed by atoms with Crippen LogP contribution in [0.2, 0.25) is 0 Å². The van der Waals surface area contributed by atoms with Gasteiger partial charge in [-0.3, -0.25) is 14.0 Å². The molecule has 1 fully saturated rings. The smallest absolute Gasteiger partial charge is 0.410 e. The van der Waals surface area contributed by atoms with E-state index in [1.807, 2.05) is 70.4 Å². The minimum absolute atomic E-state index is 0.108. The molecule has 1 amide bonds. The molecular formula is C27H32N6O3. The van der Waals surface area contributed by atoms with Crippen molar-refractivity contribution < 1.29 is 9.53 Å². The van der Waals surface area contributed by atoms with Gasteiger partial charge in [0.05, 0.1) is 22.1 Å². The maximum absolute atomic E-state index is 13.3. The van der Waals surface area contributed by atoms with Crippen LogP contribution in [-0.4, -0.2) is 62.1 Å². The largest absolute Gasteiger partial charge is 0.444 e. The second kappa shape index (κ2) is 8.96. The van der Waals surface area contributed by atoms with Gasteiger partial charge in [0, 0.05) is 50.5 Å². The van der Waals surface area contributed by atoms with Gasteiger partial charge in [-0.1, -0.05) is 0 Å². The average molecular weight is 489 g/mol. The second-order valence-electron chi connectivity index (χ2n) is 10.5. The van der Waals surface area contributed by atoms with Crippen molar-refractivity contribution in [2.24, 2.45) is 7.05 Å². The Labute approximate surface area is 209 Å². The van der Waals surface area contributed by atoms with E-state index in [2.05, 4.69) is 22.0 Å². The predicted molar refractivity (Wildman–Crippen MR) is 141 cm³/mol. The normalized spacial score (nSPS) is 15.0. The first-order chi connectivity index (χ1) is 17.1. The lowest BCUT2D eigenvalue weighted by Gasteiger charge is -2.38. The first-order valence-corrected chi connectivity index (χ1v) is 12.2. The molecule has 3 heterocycles. The summed E-state index contributed by atoms with van der Waals surface area (Å²) >= 11 is 0. The summed E-state index contributed by atoms with van der Waals surface area (Å²) in [5.74, 6) is 0. The van der Waals surface area contributed by atoms with Gasteiger partial charge in [-0.15, -0.1) is 0 Å². The Balaban J connectivity index is 1.33. The molecule has 1 aliphatic heterocycles. The van der Waals surface area contributed by atoms with Crippen LogP contribution in [0, 0.1) is 0 Å². The number of hydrogen-bond donors (Lipinski definition) is 0. The van der Waals surface area contributed by atoms with Crippen molar-refractivity contribution in [1.82, 2.24) is 24.2 Å². The number of aryl methyl sites for hydroxylation is 1. The fraction of sp³-hybridized carbons (Fsp3) is 0.407. The first-order valence-electron chi connectivity index (χ1n) is 12.2. The van der Waals surface area contributed by atoms with Crippen LogP contribution in [-0.2, 0) is 11.8 Å². The molecule has 2 aromatic carbocycles. The van der Waals surface area contributed by atoms with E-state index in [4.69, 9.17) is 4.74 Å². The molecule has 0 N–H and O–H groups in total. The molecule has 0 bridgehead atoms. The highest BCUT2D eigenvalue weighted by Gasteiger charge is 2.28. The van der Waals surface area contributed by atoms with E-state index >= 15 is 0 Å². The number of rotatable bonds is 3. The van der Waals surface area contributed by atoms with Gasteiger partial charge in [0.15, 0.2) is 0 Å². The molecule has 188 valence electrons. The number of piperidine rings is 1. The third kappa shape index (κ3) is 4.65. The predicted octanol–water partition coefficient (Wildman–Crippen LogP) is 4.11. The summed E-state index contributed by atoms with van der Waals surface area (Å²) in [5.41, 5.74) is 2.70. The van der Waals surface area contributed by atoms with E-state index in [0.29, 0.717) is 24.0 Å². The summed E-state index contributed by atoms with van der Waals surface area (Å²) in [6.07, 6.45) is 4.96. The quantitative estimate of drug-likeness (QED) is 0.432. The molecule has 9 nitrogen and oxygen atoms in total. The van der Waals surface area contributed by atoms with Crippen LogP contribution >= 0.6 is 0 Å². The lowest BCUT2D eigenvalue weighted by atomic mass is 10.0. The summed E-state index contributed by atoms with van der Waals surface area (Å²) in [5, 5.41) is 5.93. The van der Waals surface area contributed by atoms with Crippen molar-refractivity contribution in [3.05, 3.63) is 59.3 Å². The summed E-state index contributed by atoms with van der Waals surface area (Å²) in [7, 11) is 3.93. The fourth-order valence-electron chi connectivity index (χ4n) is 4.77. The van der Waals surface area contributed by atoms with Gasteiger partial charge in [0.25, 0.3) is 5.56 Å². The summed E-state index contributed by atoms with van der Waals surface area (Å²) < 4.78 is 8.84. The molecule has 9 heteroatoms. The number of hydrogen-bond acceptors (Lipinski definition) is 6. The third-order valence-electron chi connectivity index (χ3n) is 6.69. The number of likely N-dealkylation sites (tertiary alicyclic amines) is 1. The van der Waals surface area contributed by atoms with Gasteiger partial charge >= 0.3 is 6.09 Å². The van der Waals surface area contributed by atoms with Gasteiger partial charge in [0.2, 0.25) is 0 Å². The minimum Gasteiger partial charge on any atom is -0.444 e. The zero-order chi connectivity index (χ0) is 25.6. The van der Waals surface area contributed by atoms with Crippen LogP contribution in [0.4, 0.5) is 10.5 Å². The molecule has 2 aromatic heterocycles. The zero-order valence-corrected chi connectivity index (χ0v) is 21.4. The number of carbonyl (C=O) groups is 1. The van der Waals surface area contributed by atoms with Crippen LogP contribution in [0.25, 0.3) is 27.5 Å². The second-order valence-corrected chi connectivity index (χ2v) is 10.5. The number of ether oxygens (including phenoxy) is 1. The van der Waals surface area contributed by atoms with Gasteiger partial charge < -0.3 is 14.5 Å². The highest BCUT2D eigenvalue weighted by molar-refractivity contribution is 5.83. The molecule has 0 saturated carbocycles. The Hall–Kier alpha value is -3.88. The Kier molecular flexibility index (Phi) is 5.94. The van der Waals surface area contributed by atoms with E-state index in [1.54, 1.807) is 20.5 Å². The summed E-state index contributed by atoms with van der Waals surface area (Å²) in [6, 6.07) is 11.8. The van der Waals surface area contributed by atoms with Crippen molar-refractivity contribution in [1.29, 1.82) is 0 Å². The molecule has 0 unspecified atom stereocenters. The Morgan fingerprint density at radius 3 is 2.56 bits per heavy atom. The fourth-order valence-corrected chi connectivity index (χ4v) is 4.77. The minimum atomic E-state index is -0.493. The van der Waals surface area contributed by atoms with Crippen LogP contribution in [0.3, 0.4) is 0 Å². The van der Waals surface area contributed by atoms with E-state index in [0.717, 1.165) is 35.1 Å². The van der Waals surface area contributed by atoms with Crippen LogP contribution in [0.5, 0.6) is 0 Å². The van der Waals surface area contributed by atoms with E-state index in [-0.39, 0.29) is 17.7 Å². The van der Waals surface area contributed by atoms with Crippen LogP contribution in [0.15, 0.2) is 53.7 Å². The molecule has 1 saturated heterocycles. The van der Waals surface area contributed by atoms with E-state index in [1.165, 1.54) is 0 Å². The Morgan fingerprint density at radius 2 is 1.83 bits per heavy atom. The number of carbonyl (C=O) groups excluding carboxylic acids is 1. The van der Waals surface area contributed by atoms with Crippen LogP contribution in [0.1, 0.15) is 33.6 Å². The lowest BCUT2D eigenvalue weighted by Crippen LogP contribution is -2.47. The van der Waals surface area contributed by atoms with Crippen molar-refractivity contribution in [2.75, 3.05) is 25.0 Å². The number of amides is 1. The molecule has 5 rings (SSSR count). The van der Waals surface area contributed by atoms with Crippen molar-refractivity contribution >= 4 is 33.6 Å². The number of fused-ring (bicyclic) bond motifs is 2. The standard InChI is InChI=1S/C27H32N6O3/c1-27(2,3)36-26(35)32-12-10-19(11-13-32)31(5)20-6-8-22-24(15-20)28-17-33(25(22)34)21-7-9-23-18(14-21)16-30(4)29-23/h6-9,14-17,19H,10-13H2,1-5H3. The maximum atomic E-state index is 13.3. The van der Waals surface area contributed by atoms with Crippen molar-refractivity contribution in [2.45, 2.75) is 45.3 Å². The third-order valence-corrected chi connectivity index (χ3v) is 6.69. The molecular weight excluding hydrogens is 456 g/mol. The molecule has 0 radical (unpaired) electrons. The van der Waals surface area contributed by atoms with Crippen LogP contribution < -0.4 is 10.5 Å². The molecule has 0 atom stereocenters. The van der Waals surface area contributed by atoms with Gasteiger partial charge in [0.1, 0.15) is 11.9 Å². The van der Waals surface area contributed by atoms with Gasteiger partial charge in [-0.2, -0.15) is 5.10 Å². The highest BCUT2D eigenvalue weighted by atomic mass is 16.6. The molecule has 4 aromatic rings. The molecule has 0 spiro atoms. The molecule has 36 heavy (non-hydrogen) atoms. The van der Waals surface area contributed by atoms with Gasteiger partial charge in [-0.05, 0) is 70.0 Å². The SMILES string of the molecule is CN(c1ccc2c(=O)n(-c3ccc4nn(C)cc4c3)cnc2c1)C1CCN(C(=O)OC(C)(C)C)CC1.